The van der Waals surface area contributed by atoms with Crippen LogP contribution in [0.4, 0.5) is 0 Å². The largest absolute Gasteiger partial charge is 0.330 e. The zero-order chi connectivity index (χ0) is 13.3. The molecule has 3 heteroatoms. The van der Waals surface area contributed by atoms with Crippen molar-refractivity contribution < 1.29 is 0 Å². The Kier molecular flexibility index (Phi) is 3.91. The molecule has 0 saturated carbocycles. The van der Waals surface area contributed by atoms with E-state index in [-0.39, 0.29) is 0 Å². The SMILES string of the molecule is CCC(C)c1ccc(-c2c(Br)nc(C)n2C)cc1. The smallest absolute Gasteiger partial charge is 0.132 e. The van der Waals surface area contributed by atoms with E-state index in [1.54, 1.807) is 0 Å². The number of aryl methyl sites for hydroxylation is 1. The molecule has 0 bridgehead atoms. The molecule has 2 nitrogen and oxygen atoms in total. The number of imidazole rings is 1. The van der Waals surface area contributed by atoms with Gasteiger partial charge in [-0.3, -0.25) is 0 Å². The van der Waals surface area contributed by atoms with E-state index < -0.39 is 0 Å². The zero-order valence-corrected chi connectivity index (χ0v) is 13.0. The minimum absolute atomic E-state index is 0.621. The van der Waals surface area contributed by atoms with Crippen LogP contribution in [-0.4, -0.2) is 9.55 Å². The monoisotopic (exact) mass is 306 g/mol. The van der Waals surface area contributed by atoms with E-state index in [1.165, 1.54) is 17.5 Å². The number of aromatic nitrogens is 2. The lowest BCUT2D eigenvalue weighted by Crippen LogP contribution is -1.95. The van der Waals surface area contributed by atoms with Crippen LogP contribution in [0.1, 0.15) is 37.6 Å². The van der Waals surface area contributed by atoms with Crippen LogP contribution in [0.5, 0.6) is 0 Å². The number of hydrogen-bond acceptors (Lipinski definition) is 1. The highest BCUT2D eigenvalue weighted by Crippen LogP contribution is 2.29. The van der Waals surface area contributed by atoms with Gasteiger partial charge < -0.3 is 4.57 Å². The standard InChI is InChI=1S/C15H19BrN2/c1-5-10(2)12-6-8-13(9-7-12)14-15(16)17-11(3)18(14)4/h6-10H,5H2,1-4H3. The molecule has 1 atom stereocenters. The number of hydrogen-bond donors (Lipinski definition) is 0. The highest BCUT2D eigenvalue weighted by atomic mass is 79.9. The Labute approximate surface area is 117 Å². The van der Waals surface area contributed by atoms with Crippen molar-refractivity contribution in [1.29, 1.82) is 0 Å². The Morgan fingerprint density at radius 2 is 1.89 bits per heavy atom. The van der Waals surface area contributed by atoms with Gasteiger partial charge in [0.25, 0.3) is 0 Å². The van der Waals surface area contributed by atoms with E-state index in [4.69, 9.17) is 0 Å². The van der Waals surface area contributed by atoms with Gasteiger partial charge in [0, 0.05) is 12.6 Å². The molecule has 2 aromatic rings. The molecule has 96 valence electrons. The summed E-state index contributed by atoms with van der Waals surface area (Å²) in [4.78, 5) is 4.44. The molecule has 2 rings (SSSR count). The van der Waals surface area contributed by atoms with Crippen LogP contribution in [0.25, 0.3) is 11.3 Å². The van der Waals surface area contributed by atoms with E-state index in [2.05, 4.69) is 63.6 Å². The molecule has 0 aliphatic heterocycles. The van der Waals surface area contributed by atoms with Gasteiger partial charge in [-0.1, -0.05) is 38.1 Å². The molecule has 0 spiro atoms. The number of rotatable bonds is 3. The summed E-state index contributed by atoms with van der Waals surface area (Å²) in [7, 11) is 2.05. The van der Waals surface area contributed by atoms with Crippen LogP contribution < -0.4 is 0 Å². The van der Waals surface area contributed by atoms with Gasteiger partial charge in [0.2, 0.25) is 0 Å². The first-order chi connectivity index (χ1) is 8.54. The minimum Gasteiger partial charge on any atom is -0.330 e. The van der Waals surface area contributed by atoms with E-state index in [0.717, 1.165) is 16.1 Å². The molecule has 18 heavy (non-hydrogen) atoms. The van der Waals surface area contributed by atoms with E-state index in [0.29, 0.717) is 5.92 Å². The second kappa shape index (κ2) is 5.27. The molecular weight excluding hydrogens is 288 g/mol. The Morgan fingerprint density at radius 1 is 1.28 bits per heavy atom. The lowest BCUT2D eigenvalue weighted by molar-refractivity contribution is 0.733. The lowest BCUT2D eigenvalue weighted by Gasteiger charge is -2.10. The summed E-state index contributed by atoms with van der Waals surface area (Å²) in [6, 6.07) is 8.81. The average molecular weight is 307 g/mol. The first-order valence-electron chi connectivity index (χ1n) is 6.33. The highest BCUT2D eigenvalue weighted by Gasteiger charge is 2.12. The summed E-state index contributed by atoms with van der Waals surface area (Å²) >= 11 is 3.53. The fourth-order valence-electron chi connectivity index (χ4n) is 2.09. The van der Waals surface area contributed by atoms with Crippen molar-refractivity contribution in [2.24, 2.45) is 7.05 Å². The molecule has 0 aliphatic carbocycles. The molecule has 1 aromatic heterocycles. The Hall–Kier alpha value is -1.09. The molecular formula is C15H19BrN2. The van der Waals surface area contributed by atoms with Gasteiger partial charge >= 0.3 is 0 Å². The quantitative estimate of drug-likeness (QED) is 0.805. The third-order valence-electron chi connectivity index (χ3n) is 3.64. The third kappa shape index (κ3) is 2.37. The van der Waals surface area contributed by atoms with E-state index in [9.17, 15) is 0 Å². The molecule has 0 amide bonds. The Balaban J connectivity index is 2.40. The number of benzene rings is 1. The summed E-state index contributed by atoms with van der Waals surface area (Å²) in [6.07, 6.45) is 1.17. The topological polar surface area (TPSA) is 17.8 Å². The van der Waals surface area contributed by atoms with Crippen LogP contribution >= 0.6 is 15.9 Å². The number of nitrogens with zero attached hydrogens (tertiary/aromatic N) is 2. The fourth-order valence-corrected chi connectivity index (χ4v) is 2.84. The second-order valence-corrected chi connectivity index (χ2v) is 5.54. The van der Waals surface area contributed by atoms with E-state index >= 15 is 0 Å². The van der Waals surface area contributed by atoms with Gasteiger partial charge in [-0.25, -0.2) is 4.98 Å². The first kappa shape index (κ1) is 13.3. The van der Waals surface area contributed by atoms with Crippen molar-refractivity contribution in [1.82, 2.24) is 9.55 Å². The van der Waals surface area contributed by atoms with Gasteiger partial charge in [0.05, 0.1) is 5.69 Å². The van der Waals surface area contributed by atoms with Crippen molar-refractivity contribution in [3.8, 4) is 11.3 Å². The number of halogens is 1. The molecule has 1 heterocycles. The van der Waals surface area contributed by atoms with Crippen LogP contribution in [0.3, 0.4) is 0 Å². The van der Waals surface area contributed by atoms with Crippen LogP contribution in [0, 0.1) is 6.92 Å². The summed E-state index contributed by atoms with van der Waals surface area (Å²) in [5, 5.41) is 0. The molecule has 1 unspecified atom stereocenters. The molecule has 0 fully saturated rings. The normalized spacial score (nSPS) is 12.7. The molecule has 0 saturated heterocycles. The third-order valence-corrected chi connectivity index (χ3v) is 4.19. The predicted molar refractivity (Wildman–Crippen MR) is 79.8 cm³/mol. The fraction of sp³-hybridized carbons (Fsp3) is 0.400. The van der Waals surface area contributed by atoms with Gasteiger partial charge in [0.1, 0.15) is 10.4 Å². The molecule has 1 aromatic carbocycles. The van der Waals surface area contributed by atoms with Crippen molar-refractivity contribution in [2.45, 2.75) is 33.1 Å². The van der Waals surface area contributed by atoms with Crippen LogP contribution in [0.2, 0.25) is 0 Å². The summed E-state index contributed by atoms with van der Waals surface area (Å²) in [5.74, 6) is 1.64. The molecule has 0 aliphatic rings. The van der Waals surface area contributed by atoms with Crippen molar-refractivity contribution in [2.75, 3.05) is 0 Å². The maximum Gasteiger partial charge on any atom is 0.132 e. The Bertz CT molecular complexity index is 540. The summed E-state index contributed by atoms with van der Waals surface area (Å²) < 4.78 is 3.03. The Morgan fingerprint density at radius 3 is 2.33 bits per heavy atom. The highest BCUT2D eigenvalue weighted by molar-refractivity contribution is 9.10. The zero-order valence-electron chi connectivity index (χ0n) is 11.4. The van der Waals surface area contributed by atoms with Gasteiger partial charge in [-0.05, 0) is 40.8 Å². The van der Waals surface area contributed by atoms with Crippen molar-refractivity contribution in [3.05, 3.63) is 40.3 Å². The summed E-state index contributed by atoms with van der Waals surface area (Å²) in [6.45, 7) is 6.50. The maximum atomic E-state index is 4.44. The van der Waals surface area contributed by atoms with Gasteiger partial charge in [-0.2, -0.15) is 0 Å². The first-order valence-corrected chi connectivity index (χ1v) is 7.13. The van der Waals surface area contributed by atoms with Gasteiger partial charge in [-0.15, -0.1) is 0 Å². The lowest BCUT2D eigenvalue weighted by atomic mass is 9.97. The second-order valence-electron chi connectivity index (χ2n) is 4.79. The van der Waals surface area contributed by atoms with Crippen LogP contribution in [-0.2, 0) is 7.05 Å². The average Bonchev–Trinajstić information content (AvgIpc) is 2.63. The van der Waals surface area contributed by atoms with Crippen molar-refractivity contribution in [3.63, 3.8) is 0 Å². The minimum atomic E-state index is 0.621. The predicted octanol–water partition coefficient (Wildman–Crippen LogP) is 4.67. The van der Waals surface area contributed by atoms with Gasteiger partial charge in [0.15, 0.2) is 0 Å². The van der Waals surface area contributed by atoms with E-state index in [1.807, 2.05) is 14.0 Å². The molecule has 0 N–H and O–H groups in total. The summed E-state index contributed by atoms with van der Waals surface area (Å²) in [5.41, 5.74) is 3.75. The van der Waals surface area contributed by atoms with Crippen molar-refractivity contribution >= 4 is 15.9 Å². The molecule has 0 radical (unpaired) electrons. The maximum absolute atomic E-state index is 4.44. The van der Waals surface area contributed by atoms with Crippen LogP contribution in [0.15, 0.2) is 28.9 Å².